The summed E-state index contributed by atoms with van der Waals surface area (Å²) in [6.07, 6.45) is 2.34. The van der Waals surface area contributed by atoms with Crippen LogP contribution in [0.5, 0.6) is 11.5 Å². The Balaban J connectivity index is 1.55. The average Bonchev–Trinajstić information content (AvgIpc) is 3.03. The first-order valence-corrected chi connectivity index (χ1v) is 8.42. The van der Waals surface area contributed by atoms with Crippen molar-refractivity contribution in [1.82, 2.24) is 15.1 Å². The molecule has 0 saturated heterocycles. The van der Waals surface area contributed by atoms with Gasteiger partial charge in [-0.15, -0.1) is 0 Å². The first-order chi connectivity index (χ1) is 11.9. The van der Waals surface area contributed by atoms with Crippen molar-refractivity contribution in [2.75, 3.05) is 25.1 Å². The van der Waals surface area contributed by atoms with Crippen molar-refractivity contribution >= 4 is 11.8 Å². The largest absolute Gasteiger partial charge is 0.486 e. The van der Waals surface area contributed by atoms with Crippen LogP contribution in [0.3, 0.4) is 0 Å². The molecule has 2 N–H and O–H groups in total. The first-order valence-electron chi connectivity index (χ1n) is 8.42. The molecule has 0 bridgehead atoms. The maximum atomic E-state index is 12.1. The normalized spacial score (nSPS) is 13.4. The Kier molecular flexibility index (Phi) is 4.83. The molecule has 0 radical (unpaired) electrons. The number of ether oxygens (including phenoxy) is 2. The number of rotatable bonds is 4. The summed E-state index contributed by atoms with van der Waals surface area (Å²) in [7, 11) is 0. The van der Waals surface area contributed by atoms with Crippen molar-refractivity contribution < 1.29 is 14.3 Å². The Labute approximate surface area is 147 Å². The fourth-order valence-corrected chi connectivity index (χ4v) is 2.73. The lowest BCUT2D eigenvalue weighted by molar-refractivity contribution is 0.170. The van der Waals surface area contributed by atoms with E-state index in [4.69, 9.17) is 9.47 Å². The summed E-state index contributed by atoms with van der Waals surface area (Å²) in [4.78, 5) is 12.1. The number of amides is 2. The molecule has 1 aliphatic rings. The van der Waals surface area contributed by atoms with Crippen molar-refractivity contribution in [3.8, 4) is 11.5 Å². The van der Waals surface area contributed by atoms with Gasteiger partial charge >= 0.3 is 6.03 Å². The number of aromatic nitrogens is 2. The number of para-hydroxylation sites is 1. The van der Waals surface area contributed by atoms with Gasteiger partial charge in [0, 0.05) is 12.6 Å². The Morgan fingerprint density at radius 3 is 2.84 bits per heavy atom. The fourth-order valence-electron chi connectivity index (χ4n) is 2.73. The van der Waals surface area contributed by atoms with Gasteiger partial charge in [-0.25, -0.2) is 9.48 Å². The molecule has 7 heteroatoms. The standard InChI is InChI=1S/C18H24N4O3/c1-18(2,3)22-15(8-10-20-22)21-17(23)19-9-7-13-5-4-6-14-16(13)25-12-11-24-14/h4-6,8,10H,7,9,11-12H2,1-3H3,(H2,19,21,23). The maximum absolute atomic E-state index is 12.1. The lowest BCUT2D eigenvalue weighted by Gasteiger charge is -2.22. The van der Waals surface area contributed by atoms with Crippen LogP contribution in [0, 0.1) is 0 Å². The van der Waals surface area contributed by atoms with Crippen LogP contribution in [0.15, 0.2) is 30.5 Å². The fraction of sp³-hybridized carbons (Fsp3) is 0.444. The number of anilines is 1. The van der Waals surface area contributed by atoms with Gasteiger partial charge < -0.3 is 14.8 Å². The van der Waals surface area contributed by atoms with E-state index in [1.807, 2.05) is 39.0 Å². The third-order valence-corrected chi connectivity index (χ3v) is 3.85. The summed E-state index contributed by atoms with van der Waals surface area (Å²) in [5.74, 6) is 2.21. The third kappa shape index (κ3) is 4.04. The number of carbonyl (C=O) groups excluding carboxylic acids is 1. The van der Waals surface area contributed by atoms with Crippen LogP contribution in [0.2, 0.25) is 0 Å². The number of fused-ring (bicyclic) bond motifs is 1. The third-order valence-electron chi connectivity index (χ3n) is 3.85. The SMILES string of the molecule is CC(C)(C)n1nccc1NC(=O)NCCc1cccc2c1OCCO2. The van der Waals surface area contributed by atoms with Gasteiger partial charge in [0.15, 0.2) is 11.5 Å². The highest BCUT2D eigenvalue weighted by Gasteiger charge is 2.19. The van der Waals surface area contributed by atoms with E-state index in [1.165, 1.54) is 0 Å². The van der Waals surface area contributed by atoms with Gasteiger partial charge in [-0.1, -0.05) is 12.1 Å². The molecular formula is C18H24N4O3. The molecule has 3 rings (SSSR count). The number of benzene rings is 1. The second-order valence-corrected chi connectivity index (χ2v) is 6.87. The van der Waals surface area contributed by atoms with Crippen molar-refractivity contribution in [3.63, 3.8) is 0 Å². The van der Waals surface area contributed by atoms with Crippen molar-refractivity contribution in [3.05, 3.63) is 36.0 Å². The van der Waals surface area contributed by atoms with E-state index in [0.717, 1.165) is 17.1 Å². The maximum Gasteiger partial charge on any atom is 0.320 e. The molecule has 134 valence electrons. The molecular weight excluding hydrogens is 320 g/mol. The second kappa shape index (κ2) is 7.04. The minimum absolute atomic E-state index is 0.202. The predicted octanol–water partition coefficient (Wildman–Crippen LogP) is 2.77. The molecule has 2 amide bonds. The van der Waals surface area contributed by atoms with E-state index < -0.39 is 0 Å². The molecule has 0 saturated carbocycles. The van der Waals surface area contributed by atoms with Crippen molar-refractivity contribution in [2.24, 2.45) is 0 Å². The quantitative estimate of drug-likeness (QED) is 0.894. The number of nitrogens with one attached hydrogen (secondary N) is 2. The van der Waals surface area contributed by atoms with Gasteiger partial charge in [-0.05, 0) is 38.8 Å². The summed E-state index contributed by atoms with van der Waals surface area (Å²) < 4.78 is 13.0. The van der Waals surface area contributed by atoms with Gasteiger partial charge in [-0.3, -0.25) is 5.32 Å². The van der Waals surface area contributed by atoms with Crippen LogP contribution in [0.25, 0.3) is 0 Å². The Hall–Kier alpha value is -2.70. The Morgan fingerprint density at radius 1 is 1.24 bits per heavy atom. The van der Waals surface area contributed by atoms with E-state index in [2.05, 4.69) is 15.7 Å². The highest BCUT2D eigenvalue weighted by atomic mass is 16.6. The van der Waals surface area contributed by atoms with E-state index in [9.17, 15) is 4.79 Å². The van der Waals surface area contributed by atoms with Crippen LogP contribution >= 0.6 is 0 Å². The van der Waals surface area contributed by atoms with Crippen LogP contribution in [-0.4, -0.2) is 35.6 Å². The van der Waals surface area contributed by atoms with Gasteiger partial charge in [0.2, 0.25) is 0 Å². The van der Waals surface area contributed by atoms with Crippen LogP contribution < -0.4 is 20.1 Å². The monoisotopic (exact) mass is 344 g/mol. The molecule has 1 aromatic heterocycles. The summed E-state index contributed by atoms with van der Waals surface area (Å²) in [5, 5.41) is 9.97. The molecule has 0 fully saturated rings. The smallest absolute Gasteiger partial charge is 0.320 e. The Morgan fingerprint density at radius 2 is 2.04 bits per heavy atom. The molecule has 25 heavy (non-hydrogen) atoms. The van der Waals surface area contributed by atoms with Crippen LogP contribution in [0.1, 0.15) is 26.3 Å². The highest BCUT2D eigenvalue weighted by Crippen LogP contribution is 2.33. The molecule has 1 aliphatic heterocycles. The topological polar surface area (TPSA) is 77.4 Å². The number of nitrogens with zero attached hydrogens (tertiary/aromatic N) is 2. The minimum atomic E-state index is -0.257. The van der Waals surface area contributed by atoms with Gasteiger partial charge in [-0.2, -0.15) is 5.10 Å². The van der Waals surface area contributed by atoms with Crippen molar-refractivity contribution in [1.29, 1.82) is 0 Å². The molecule has 2 aromatic rings. The zero-order valence-electron chi connectivity index (χ0n) is 14.8. The molecule has 0 aliphatic carbocycles. The number of urea groups is 1. The highest BCUT2D eigenvalue weighted by molar-refractivity contribution is 5.88. The number of carbonyl (C=O) groups is 1. The van der Waals surface area contributed by atoms with Gasteiger partial charge in [0.25, 0.3) is 0 Å². The van der Waals surface area contributed by atoms with Crippen molar-refractivity contribution in [2.45, 2.75) is 32.7 Å². The molecule has 0 spiro atoms. The molecule has 7 nitrogen and oxygen atoms in total. The lowest BCUT2D eigenvalue weighted by Crippen LogP contribution is -2.33. The number of hydrogen-bond donors (Lipinski definition) is 2. The molecule has 2 heterocycles. The summed E-state index contributed by atoms with van der Waals surface area (Å²) in [5.41, 5.74) is 0.823. The zero-order valence-corrected chi connectivity index (χ0v) is 14.8. The molecule has 0 atom stereocenters. The summed E-state index contributed by atoms with van der Waals surface area (Å²) in [6, 6.07) is 7.34. The summed E-state index contributed by atoms with van der Waals surface area (Å²) >= 11 is 0. The number of hydrogen-bond acceptors (Lipinski definition) is 4. The first kappa shape index (κ1) is 17.1. The lowest BCUT2D eigenvalue weighted by atomic mass is 10.1. The van der Waals surface area contributed by atoms with E-state index in [0.29, 0.717) is 32.0 Å². The zero-order chi connectivity index (χ0) is 17.9. The van der Waals surface area contributed by atoms with E-state index >= 15 is 0 Å². The van der Waals surface area contributed by atoms with Crippen LogP contribution in [-0.2, 0) is 12.0 Å². The predicted molar refractivity (Wildman–Crippen MR) is 95.4 cm³/mol. The van der Waals surface area contributed by atoms with E-state index in [-0.39, 0.29) is 11.6 Å². The van der Waals surface area contributed by atoms with E-state index in [1.54, 1.807) is 16.9 Å². The summed E-state index contributed by atoms with van der Waals surface area (Å²) in [6.45, 7) is 7.71. The average molecular weight is 344 g/mol. The Bertz CT molecular complexity index is 749. The van der Waals surface area contributed by atoms with Gasteiger partial charge in [0.1, 0.15) is 19.0 Å². The molecule has 1 aromatic carbocycles. The minimum Gasteiger partial charge on any atom is -0.486 e. The molecule has 0 unspecified atom stereocenters. The van der Waals surface area contributed by atoms with Crippen LogP contribution in [0.4, 0.5) is 10.6 Å². The van der Waals surface area contributed by atoms with Gasteiger partial charge in [0.05, 0.1) is 11.7 Å². The second-order valence-electron chi connectivity index (χ2n) is 6.87.